The van der Waals surface area contributed by atoms with Crippen molar-refractivity contribution in [2.75, 3.05) is 18.4 Å². The third-order valence-electron chi connectivity index (χ3n) is 2.59. The highest BCUT2D eigenvalue weighted by molar-refractivity contribution is 5.94. The van der Waals surface area contributed by atoms with Crippen molar-refractivity contribution in [1.82, 2.24) is 5.32 Å². The number of carbonyl (C=O) groups excluding carboxylic acids is 1. The monoisotopic (exact) mass is 234 g/mol. The van der Waals surface area contributed by atoms with Crippen LogP contribution in [0.5, 0.6) is 0 Å². The minimum absolute atomic E-state index is 0.0177. The van der Waals surface area contributed by atoms with Crippen molar-refractivity contribution in [3.8, 4) is 0 Å². The minimum atomic E-state index is 0.0177. The predicted molar refractivity (Wildman–Crippen MR) is 72.5 cm³/mol. The number of amides is 1. The molecule has 0 aliphatic rings. The van der Waals surface area contributed by atoms with E-state index in [2.05, 4.69) is 17.6 Å². The van der Waals surface area contributed by atoms with E-state index < -0.39 is 0 Å². The van der Waals surface area contributed by atoms with Gasteiger partial charge in [-0.2, -0.15) is 0 Å². The van der Waals surface area contributed by atoms with Crippen molar-refractivity contribution in [2.45, 2.75) is 33.1 Å². The zero-order valence-electron chi connectivity index (χ0n) is 10.8. The molecular formula is C14H22N2O. The molecule has 0 fully saturated rings. The summed E-state index contributed by atoms with van der Waals surface area (Å²) in [6.07, 6.45) is 3.39. The molecule has 3 nitrogen and oxygen atoms in total. The van der Waals surface area contributed by atoms with Gasteiger partial charge in [-0.05, 0) is 37.6 Å². The van der Waals surface area contributed by atoms with Gasteiger partial charge in [0.2, 0.25) is 0 Å². The van der Waals surface area contributed by atoms with Crippen LogP contribution in [0.2, 0.25) is 0 Å². The van der Waals surface area contributed by atoms with Crippen LogP contribution in [-0.2, 0) is 0 Å². The molecule has 0 heterocycles. The highest BCUT2D eigenvalue weighted by Crippen LogP contribution is 2.09. The molecule has 1 amide bonds. The lowest BCUT2D eigenvalue weighted by atomic mass is 10.2. The van der Waals surface area contributed by atoms with Gasteiger partial charge in [-0.25, -0.2) is 0 Å². The number of unbranched alkanes of at least 4 members (excludes halogenated alkanes) is 2. The van der Waals surface area contributed by atoms with Crippen LogP contribution in [0.4, 0.5) is 5.69 Å². The first-order valence-corrected chi connectivity index (χ1v) is 6.40. The van der Waals surface area contributed by atoms with Crippen LogP contribution in [0.15, 0.2) is 24.3 Å². The van der Waals surface area contributed by atoms with Crippen molar-refractivity contribution >= 4 is 11.6 Å². The Balaban J connectivity index is 2.40. The van der Waals surface area contributed by atoms with Gasteiger partial charge >= 0.3 is 0 Å². The summed E-state index contributed by atoms with van der Waals surface area (Å²) in [5.74, 6) is 0.0177. The molecule has 0 saturated carbocycles. The summed E-state index contributed by atoms with van der Waals surface area (Å²) in [5.41, 5.74) is 1.78. The topological polar surface area (TPSA) is 41.1 Å². The Hall–Kier alpha value is -1.51. The number of nitrogens with one attached hydrogen (secondary N) is 2. The Morgan fingerprint density at radius 3 is 2.41 bits per heavy atom. The van der Waals surface area contributed by atoms with Gasteiger partial charge < -0.3 is 10.6 Å². The van der Waals surface area contributed by atoms with Gasteiger partial charge in [0.05, 0.1) is 0 Å². The van der Waals surface area contributed by atoms with Gasteiger partial charge in [0.1, 0.15) is 0 Å². The lowest BCUT2D eigenvalue weighted by Crippen LogP contribution is -2.24. The van der Waals surface area contributed by atoms with E-state index >= 15 is 0 Å². The smallest absolute Gasteiger partial charge is 0.251 e. The fraction of sp³-hybridized carbons (Fsp3) is 0.500. The van der Waals surface area contributed by atoms with Crippen LogP contribution in [0.3, 0.4) is 0 Å². The zero-order valence-corrected chi connectivity index (χ0v) is 10.8. The van der Waals surface area contributed by atoms with Crippen LogP contribution in [0.25, 0.3) is 0 Å². The van der Waals surface area contributed by atoms with Crippen molar-refractivity contribution in [3.05, 3.63) is 29.8 Å². The van der Waals surface area contributed by atoms with Crippen molar-refractivity contribution < 1.29 is 4.79 Å². The Labute approximate surface area is 104 Å². The van der Waals surface area contributed by atoms with Gasteiger partial charge in [-0.15, -0.1) is 0 Å². The minimum Gasteiger partial charge on any atom is -0.385 e. The third-order valence-corrected chi connectivity index (χ3v) is 2.59. The normalized spacial score (nSPS) is 10.0. The summed E-state index contributed by atoms with van der Waals surface area (Å²) in [5, 5.41) is 6.13. The SMILES string of the molecule is CCCCCNC(=O)c1ccc(NCC)cc1. The summed E-state index contributed by atoms with van der Waals surface area (Å²) in [6, 6.07) is 7.58. The van der Waals surface area contributed by atoms with E-state index in [1.165, 1.54) is 12.8 Å². The summed E-state index contributed by atoms with van der Waals surface area (Å²) in [4.78, 5) is 11.7. The lowest BCUT2D eigenvalue weighted by molar-refractivity contribution is 0.0953. The van der Waals surface area contributed by atoms with Gasteiger partial charge in [0, 0.05) is 24.3 Å². The average molecular weight is 234 g/mol. The van der Waals surface area contributed by atoms with Crippen LogP contribution >= 0.6 is 0 Å². The molecule has 1 rings (SSSR count). The molecule has 3 heteroatoms. The molecule has 2 N–H and O–H groups in total. The van der Waals surface area contributed by atoms with Gasteiger partial charge in [-0.1, -0.05) is 19.8 Å². The molecule has 0 atom stereocenters. The third kappa shape index (κ3) is 4.89. The molecule has 0 aliphatic carbocycles. The first-order chi connectivity index (χ1) is 8.27. The molecule has 0 aromatic heterocycles. The van der Waals surface area contributed by atoms with Gasteiger partial charge in [0.25, 0.3) is 5.91 Å². The van der Waals surface area contributed by atoms with Gasteiger partial charge in [0.15, 0.2) is 0 Å². The maximum atomic E-state index is 11.7. The van der Waals surface area contributed by atoms with Crippen LogP contribution < -0.4 is 10.6 Å². The number of hydrogen-bond donors (Lipinski definition) is 2. The molecule has 0 radical (unpaired) electrons. The number of rotatable bonds is 7. The second kappa shape index (κ2) is 7.71. The average Bonchev–Trinajstić information content (AvgIpc) is 2.36. The molecule has 0 bridgehead atoms. The molecule has 17 heavy (non-hydrogen) atoms. The Kier molecular flexibility index (Phi) is 6.15. The van der Waals surface area contributed by atoms with E-state index in [0.29, 0.717) is 0 Å². The lowest BCUT2D eigenvalue weighted by Gasteiger charge is -2.06. The molecule has 0 spiro atoms. The molecule has 94 valence electrons. The number of hydrogen-bond acceptors (Lipinski definition) is 2. The Morgan fingerprint density at radius 1 is 1.12 bits per heavy atom. The van der Waals surface area contributed by atoms with Crippen molar-refractivity contribution in [1.29, 1.82) is 0 Å². The molecule has 0 aliphatic heterocycles. The van der Waals surface area contributed by atoms with Crippen molar-refractivity contribution in [3.63, 3.8) is 0 Å². The predicted octanol–water partition coefficient (Wildman–Crippen LogP) is 3.04. The molecular weight excluding hydrogens is 212 g/mol. The highest BCUT2D eigenvalue weighted by atomic mass is 16.1. The molecule has 1 aromatic rings. The maximum Gasteiger partial charge on any atom is 0.251 e. The highest BCUT2D eigenvalue weighted by Gasteiger charge is 2.03. The van der Waals surface area contributed by atoms with Crippen LogP contribution in [0.1, 0.15) is 43.5 Å². The van der Waals surface area contributed by atoms with Gasteiger partial charge in [-0.3, -0.25) is 4.79 Å². The quantitative estimate of drug-likeness (QED) is 0.712. The van der Waals surface area contributed by atoms with E-state index in [-0.39, 0.29) is 5.91 Å². The number of benzene rings is 1. The van der Waals surface area contributed by atoms with Crippen LogP contribution in [0, 0.1) is 0 Å². The zero-order chi connectivity index (χ0) is 12.5. The van der Waals surface area contributed by atoms with E-state index in [1.807, 2.05) is 31.2 Å². The standard InChI is InChI=1S/C14H22N2O/c1-3-5-6-11-16-14(17)12-7-9-13(10-8-12)15-4-2/h7-10,15H,3-6,11H2,1-2H3,(H,16,17). The second-order valence-corrected chi connectivity index (χ2v) is 4.07. The Morgan fingerprint density at radius 2 is 1.82 bits per heavy atom. The summed E-state index contributed by atoms with van der Waals surface area (Å²) in [7, 11) is 0. The molecule has 1 aromatic carbocycles. The fourth-order valence-electron chi connectivity index (χ4n) is 1.62. The van der Waals surface area contributed by atoms with E-state index in [4.69, 9.17) is 0 Å². The largest absolute Gasteiger partial charge is 0.385 e. The number of anilines is 1. The number of carbonyl (C=O) groups is 1. The van der Waals surface area contributed by atoms with E-state index in [9.17, 15) is 4.79 Å². The molecule has 0 saturated heterocycles. The summed E-state index contributed by atoms with van der Waals surface area (Å²) < 4.78 is 0. The first-order valence-electron chi connectivity index (χ1n) is 6.40. The Bertz CT molecular complexity index is 333. The van der Waals surface area contributed by atoms with Crippen molar-refractivity contribution in [2.24, 2.45) is 0 Å². The van der Waals surface area contributed by atoms with Crippen LogP contribution in [-0.4, -0.2) is 19.0 Å². The fourth-order valence-corrected chi connectivity index (χ4v) is 1.62. The van der Waals surface area contributed by atoms with E-state index in [1.54, 1.807) is 0 Å². The summed E-state index contributed by atoms with van der Waals surface area (Å²) >= 11 is 0. The second-order valence-electron chi connectivity index (χ2n) is 4.07. The molecule has 0 unspecified atom stereocenters. The van der Waals surface area contributed by atoms with E-state index in [0.717, 1.165) is 30.8 Å². The maximum absolute atomic E-state index is 11.7. The first kappa shape index (κ1) is 13.6. The summed E-state index contributed by atoms with van der Waals surface area (Å²) in [6.45, 7) is 5.86.